The predicted octanol–water partition coefficient (Wildman–Crippen LogP) is 1.63. The van der Waals surface area contributed by atoms with Crippen LogP contribution in [0.1, 0.15) is 22.5 Å². The topological polar surface area (TPSA) is 71.5 Å². The molecule has 6 heteroatoms. The van der Waals surface area contributed by atoms with Crippen LogP contribution < -0.4 is 5.32 Å². The maximum Gasteiger partial charge on any atom is 0.167 e. The standard InChI is InChI=1S/C17H16N6/c18-8-16-15-10-19-7-6-17(15)23(21-16)12-13-9-20-22(11-13)14-4-2-1-3-5-14/h1-5,9,11,19H,6-7,10,12H2. The monoisotopic (exact) mass is 304 g/mol. The zero-order valence-corrected chi connectivity index (χ0v) is 12.6. The van der Waals surface area contributed by atoms with E-state index in [1.54, 1.807) is 0 Å². The number of benzene rings is 1. The third-order valence-corrected chi connectivity index (χ3v) is 4.10. The molecule has 1 aromatic carbocycles. The minimum absolute atomic E-state index is 0.530. The molecule has 23 heavy (non-hydrogen) atoms. The lowest BCUT2D eigenvalue weighted by molar-refractivity contribution is 0.582. The molecular weight excluding hydrogens is 288 g/mol. The molecule has 4 rings (SSSR count). The van der Waals surface area contributed by atoms with Gasteiger partial charge in [-0.15, -0.1) is 0 Å². The Morgan fingerprint density at radius 1 is 1.26 bits per heavy atom. The molecule has 0 fully saturated rings. The van der Waals surface area contributed by atoms with Gasteiger partial charge in [0, 0.05) is 42.5 Å². The first-order valence-corrected chi connectivity index (χ1v) is 7.63. The van der Waals surface area contributed by atoms with Gasteiger partial charge in [0.05, 0.1) is 18.4 Å². The van der Waals surface area contributed by atoms with Crippen LogP contribution in [0.4, 0.5) is 0 Å². The van der Waals surface area contributed by atoms with Crippen LogP contribution >= 0.6 is 0 Å². The number of para-hydroxylation sites is 1. The van der Waals surface area contributed by atoms with Crippen molar-refractivity contribution in [2.45, 2.75) is 19.5 Å². The highest BCUT2D eigenvalue weighted by Gasteiger charge is 2.20. The zero-order valence-electron chi connectivity index (χ0n) is 12.6. The molecule has 114 valence electrons. The molecule has 0 radical (unpaired) electrons. The van der Waals surface area contributed by atoms with Crippen molar-refractivity contribution in [3.63, 3.8) is 0 Å². The summed E-state index contributed by atoms with van der Waals surface area (Å²) >= 11 is 0. The van der Waals surface area contributed by atoms with Crippen LogP contribution in [0.2, 0.25) is 0 Å². The van der Waals surface area contributed by atoms with Crippen molar-refractivity contribution in [2.75, 3.05) is 6.54 Å². The average molecular weight is 304 g/mol. The second kappa shape index (κ2) is 5.71. The summed E-state index contributed by atoms with van der Waals surface area (Å²) < 4.78 is 3.80. The second-order valence-electron chi connectivity index (χ2n) is 5.60. The molecule has 0 spiro atoms. The number of nitriles is 1. The maximum atomic E-state index is 9.26. The molecule has 0 unspecified atom stereocenters. The molecule has 2 aromatic heterocycles. The van der Waals surface area contributed by atoms with Crippen LogP contribution in [0.15, 0.2) is 42.7 Å². The fourth-order valence-corrected chi connectivity index (χ4v) is 2.98. The second-order valence-corrected chi connectivity index (χ2v) is 5.60. The van der Waals surface area contributed by atoms with Crippen LogP contribution in [0.25, 0.3) is 5.69 Å². The maximum absolute atomic E-state index is 9.26. The van der Waals surface area contributed by atoms with Crippen LogP contribution in [-0.2, 0) is 19.5 Å². The molecule has 0 atom stereocenters. The Balaban J connectivity index is 1.63. The smallest absolute Gasteiger partial charge is 0.167 e. The first-order chi connectivity index (χ1) is 11.3. The highest BCUT2D eigenvalue weighted by atomic mass is 15.3. The molecule has 3 aromatic rings. The Labute approximate surface area is 134 Å². The summed E-state index contributed by atoms with van der Waals surface area (Å²) in [5.74, 6) is 0. The normalized spacial score (nSPS) is 13.5. The highest BCUT2D eigenvalue weighted by molar-refractivity contribution is 5.37. The van der Waals surface area contributed by atoms with Crippen molar-refractivity contribution < 1.29 is 0 Å². The molecule has 1 N–H and O–H groups in total. The molecule has 1 aliphatic heterocycles. The minimum atomic E-state index is 0.530. The number of nitrogens with zero attached hydrogens (tertiary/aromatic N) is 5. The lowest BCUT2D eigenvalue weighted by Gasteiger charge is -2.14. The highest BCUT2D eigenvalue weighted by Crippen LogP contribution is 2.19. The zero-order chi connectivity index (χ0) is 15.6. The van der Waals surface area contributed by atoms with E-state index in [0.717, 1.165) is 42.0 Å². The summed E-state index contributed by atoms with van der Waals surface area (Å²) in [7, 11) is 0. The van der Waals surface area contributed by atoms with Crippen molar-refractivity contribution in [1.29, 1.82) is 5.26 Å². The number of hydrogen-bond donors (Lipinski definition) is 1. The third-order valence-electron chi connectivity index (χ3n) is 4.10. The molecule has 0 saturated heterocycles. The predicted molar refractivity (Wildman–Crippen MR) is 85.0 cm³/mol. The van der Waals surface area contributed by atoms with Gasteiger partial charge in [-0.25, -0.2) is 4.68 Å². The average Bonchev–Trinajstić information content (AvgIpc) is 3.21. The van der Waals surface area contributed by atoms with E-state index >= 15 is 0 Å². The Kier molecular flexibility index (Phi) is 3.41. The van der Waals surface area contributed by atoms with Gasteiger partial charge in [0.1, 0.15) is 6.07 Å². The van der Waals surface area contributed by atoms with E-state index in [-0.39, 0.29) is 0 Å². The van der Waals surface area contributed by atoms with Crippen molar-refractivity contribution in [3.05, 3.63) is 65.2 Å². The number of rotatable bonds is 3. The van der Waals surface area contributed by atoms with Gasteiger partial charge in [0.2, 0.25) is 0 Å². The molecule has 6 nitrogen and oxygen atoms in total. The SMILES string of the molecule is N#Cc1nn(Cc2cnn(-c3ccccc3)c2)c2c1CNCC2. The summed E-state index contributed by atoms with van der Waals surface area (Å²) in [5.41, 5.74) is 4.83. The van der Waals surface area contributed by atoms with Crippen molar-refractivity contribution >= 4 is 0 Å². The number of hydrogen-bond acceptors (Lipinski definition) is 4. The number of fused-ring (bicyclic) bond motifs is 1. The van der Waals surface area contributed by atoms with Crippen molar-refractivity contribution in [2.24, 2.45) is 0 Å². The Morgan fingerprint density at radius 2 is 2.13 bits per heavy atom. The first-order valence-electron chi connectivity index (χ1n) is 7.63. The largest absolute Gasteiger partial charge is 0.312 e. The van der Waals surface area contributed by atoms with E-state index in [4.69, 9.17) is 0 Å². The number of nitrogens with one attached hydrogen (secondary N) is 1. The van der Waals surface area contributed by atoms with Gasteiger partial charge in [-0.05, 0) is 12.1 Å². The Hall–Kier alpha value is -2.91. The quantitative estimate of drug-likeness (QED) is 0.798. The van der Waals surface area contributed by atoms with E-state index in [2.05, 4.69) is 21.6 Å². The fourth-order valence-electron chi connectivity index (χ4n) is 2.98. The minimum Gasteiger partial charge on any atom is -0.312 e. The Morgan fingerprint density at radius 3 is 2.96 bits per heavy atom. The first kappa shape index (κ1) is 13.7. The summed E-state index contributed by atoms with van der Waals surface area (Å²) in [6.07, 6.45) is 4.77. The molecule has 1 aliphatic rings. The van der Waals surface area contributed by atoms with Gasteiger partial charge < -0.3 is 5.32 Å². The van der Waals surface area contributed by atoms with Gasteiger partial charge in [-0.1, -0.05) is 18.2 Å². The summed E-state index contributed by atoms with van der Waals surface area (Å²) in [5, 5.41) is 21.4. The lowest BCUT2D eigenvalue weighted by atomic mass is 10.1. The summed E-state index contributed by atoms with van der Waals surface area (Å²) in [4.78, 5) is 0. The fraction of sp³-hybridized carbons (Fsp3) is 0.235. The molecule has 0 bridgehead atoms. The molecular formula is C17H16N6. The van der Waals surface area contributed by atoms with Gasteiger partial charge in [-0.3, -0.25) is 4.68 Å². The third kappa shape index (κ3) is 2.51. The number of aromatic nitrogens is 4. The summed E-state index contributed by atoms with van der Waals surface area (Å²) in [6.45, 7) is 2.28. The molecule has 3 heterocycles. The molecule has 0 amide bonds. The van der Waals surface area contributed by atoms with Crippen LogP contribution in [0.3, 0.4) is 0 Å². The van der Waals surface area contributed by atoms with Gasteiger partial charge in [0.15, 0.2) is 5.69 Å². The van der Waals surface area contributed by atoms with E-state index in [0.29, 0.717) is 12.2 Å². The van der Waals surface area contributed by atoms with Crippen molar-refractivity contribution in [3.8, 4) is 11.8 Å². The van der Waals surface area contributed by atoms with Crippen molar-refractivity contribution in [1.82, 2.24) is 24.9 Å². The van der Waals surface area contributed by atoms with Gasteiger partial charge in [-0.2, -0.15) is 15.5 Å². The molecule has 0 saturated carbocycles. The van der Waals surface area contributed by atoms with Crippen LogP contribution in [0.5, 0.6) is 0 Å². The Bertz CT molecular complexity index is 868. The lowest BCUT2D eigenvalue weighted by Crippen LogP contribution is -2.25. The van der Waals surface area contributed by atoms with E-state index in [1.807, 2.05) is 52.1 Å². The van der Waals surface area contributed by atoms with E-state index in [9.17, 15) is 5.26 Å². The summed E-state index contributed by atoms with van der Waals surface area (Å²) in [6, 6.07) is 12.2. The van der Waals surface area contributed by atoms with Gasteiger partial charge >= 0.3 is 0 Å². The van der Waals surface area contributed by atoms with Gasteiger partial charge in [0.25, 0.3) is 0 Å². The van der Waals surface area contributed by atoms with E-state index in [1.165, 1.54) is 0 Å². The van der Waals surface area contributed by atoms with Crippen LogP contribution in [0, 0.1) is 11.3 Å². The van der Waals surface area contributed by atoms with E-state index < -0.39 is 0 Å². The van der Waals surface area contributed by atoms with Crippen LogP contribution in [-0.4, -0.2) is 26.1 Å². The molecule has 0 aliphatic carbocycles.